The Morgan fingerprint density at radius 1 is 1.62 bits per heavy atom. The summed E-state index contributed by atoms with van der Waals surface area (Å²) in [7, 11) is 1.92. The highest BCUT2D eigenvalue weighted by Crippen LogP contribution is 2.23. The first kappa shape index (κ1) is 8.40. The van der Waals surface area contributed by atoms with E-state index in [-0.39, 0.29) is 6.04 Å². The Hall–Kier alpha value is -1.20. The van der Waals surface area contributed by atoms with E-state index in [0.29, 0.717) is 0 Å². The molecular formula is C8H10N4S. The van der Waals surface area contributed by atoms with Crippen LogP contribution in [0.2, 0.25) is 0 Å². The van der Waals surface area contributed by atoms with Gasteiger partial charge in [-0.2, -0.15) is 15.4 Å². The van der Waals surface area contributed by atoms with Gasteiger partial charge in [-0.05, 0) is 18.5 Å². The van der Waals surface area contributed by atoms with Crippen molar-refractivity contribution in [2.45, 2.75) is 6.04 Å². The van der Waals surface area contributed by atoms with Gasteiger partial charge in [-0.3, -0.25) is 0 Å². The Morgan fingerprint density at radius 2 is 2.54 bits per heavy atom. The van der Waals surface area contributed by atoms with Crippen molar-refractivity contribution in [1.29, 1.82) is 0 Å². The molecule has 68 valence electrons. The largest absolute Gasteiger partial charge is 0.307 e. The Balaban J connectivity index is 2.29. The molecule has 0 spiro atoms. The van der Waals surface area contributed by atoms with Gasteiger partial charge in [0.25, 0.3) is 0 Å². The first-order valence-electron chi connectivity index (χ1n) is 3.98. The zero-order chi connectivity index (χ0) is 9.10. The number of nitrogens with one attached hydrogen (secondary N) is 2. The number of rotatable bonds is 3. The Kier molecular flexibility index (Phi) is 2.37. The number of hydrogen-bond donors (Lipinski definition) is 2. The van der Waals surface area contributed by atoms with Crippen molar-refractivity contribution < 1.29 is 0 Å². The molecule has 4 nitrogen and oxygen atoms in total. The summed E-state index contributed by atoms with van der Waals surface area (Å²) in [5.74, 6) is 0. The van der Waals surface area contributed by atoms with Crippen LogP contribution in [0.4, 0.5) is 0 Å². The van der Waals surface area contributed by atoms with Crippen LogP contribution in [0.1, 0.15) is 16.6 Å². The summed E-state index contributed by atoms with van der Waals surface area (Å²) in [6.45, 7) is 0. The minimum absolute atomic E-state index is 0.152. The van der Waals surface area contributed by atoms with Gasteiger partial charge in [0.15, 0.2) is 0 Å². The molecule has 1 unspecified atom stereocenters. The topological polar surface area (TPSA) is 53.6 Å². The minimum atomic E-state index is 0.152. The smallest absolute Gasteiger partial charge is 0.105 e. The molecule has 0 aromatic carbocycles. The molecule has 2 N–H and O–H groups in total. The number of nitrogens with zero attached hydrogens (tertiary/aromatic N) is 2. The van der Waals surface area contributed by atoms with E-state index in [1.165, 1.54) is 4.88 Å². The average molecular weight is 194 g/mol. The van der Waals surface area contributed by atoms with E-state index in [0.717, 1.165) is 5.69 Å². The second kappa shape index (κ2) is 3.68. The summed E-state index contributed by atoms with van der Waals surface area (Å²) in [6, 6.07) is 4.27. The summed E-state index contributed by atoms with van der Waals surface area (Å²) in [4.78, 5) is 1.25. The summed E-state index contributed by atoms with van der Waals surface area (Å²) in [5.41, 5.74) is 0.921. The Labute approximate surface area is 80.0 Å². The molecule has 0 aliphatic carbocycles. The molecule has 2 heterocycles. The third kappa shape index (κ3) is 1.61. The van der Waals surface area contributed by atoms with Crippen LogP contribution in [-0.4, -0.2) is 22.5 Å². The predicted octanol–water partition coefficient (Wildman–Crippen LogP) is 1.17. The van der Waals surface area contributed by atoms with Crippen molar-refractivity contribution in [3.05, 3.63) is 34.3 Å². The lowest BCUT2D eigenvalue weighted by atomic mass is 10.2. The normalized spacial score (nSPS) is 13.0. The van der Waals surface area contributed by atoms with Crippen molar-refractivity contribution in [2.24, 2.45) is 0 Å². The first-order chi connectivity index (χ1) is 6.42. The highest BCUT2D eigenvalue weighted by atomic mass is 32.1. The van der Waals surface area contributed by atoms with Crippen molar-refractivity contribution in [1.82, 2.24) is 20.7 Å². The molecule has 0 saturated carbocycles. The lowest BCUT2D eigenvalue weighted by Gasteiger charge is -2.09. The van der Waals surface area contributed by atoms with Gasteiger partial charge >= 0.3 is 0 Å². The zero-order valence-electron chi connectivity index (χ0n) is 7.19. The molecule has 0 aliphatic heterocycles. The van der Waals surface area contributed by atoms with E-state index in [4.69, 9.17) is 0 Å². The summed E-state index contributed by atoms with van der Waals surface area (Å²) >= 11 is 1.71. The molecule has 13 heavy (non-hydrogen) atoms. The molecule has 0 aliphatic rings. The van der Waals surface area contributed by atoms with Gasteiger partial charge in [0.2, 0.25) is 0 Å². The van der Waals surface area contributed by atoms with Gasteiger partial charge in [-0.1, -0.05) is 6.07 Å². The molecule has 2 rings (SSSR count). The average Bonchev–Trinajstić information content (AvgIpc) is 2.76. The van der Waals surface area contributed by atoms with Crippen molar-refractivity contribution in [3.63, 3.8) is 0 Å². The Bertz CT molecular complexity index is 306. The molecule has 0 bridgehead atoms. The third-order valence-corrected chi connectivity index (χ3v) is 2.78. The van der Waals surface area contributed by atoms with Gasteiger partial charge in [0.05, 0.1) is 12.2 Å². The highest BCUT2D eigenvalue weighted by Gasteiger charge is 2.14. The van der Waals surface area contributed by atoms with Gasteiger partial charge in [-0.25, -0.2) is 0 Å². The lowest BCUT2D eigenvalue weighted by Crippen LogP contribution is -2.16. The van der Waals surface area contributed by atoms with E-state index in [1.807, 2.05) is 13.1 Å². The SMILES string of the molecule is CNC(c1cn[nH]n1)c1cccs1. The quantitative estimate of drug-likeness (QED) is 0.771. The third-order valence-electron chi connectivity index (χ3n) is 1.85. The van der Waals surface area contributed by atoms with Gasteiger partial charge in [0.1, 0.15) is 5.69 Å². The van der Waals surface area contributed by atoms with Crippen LogP contribution in [0.15, 0.2) is 23.7 Å². The number of aromatic amines is 1. The summed E-state index contributed by atoms with van der Waals surface area (Å²) in [6.07, 6.45) is 1.74. The monoisotopic (exact) mass is 194 g/mol. The maximum Gasteiger partial charge on any atom is 0.105 e. The number of H-pyrrole nitrogens is 1. The standard InChI is InChI=1S/C8H10N4S/c1-9-8(6-5-10-12-11-6)7-3-2-4-13-7/h2-5,8-9H,1H3,(H,10,11,12). The maximum absolute atomic E-state index is 4.05. The fourth-order valence-corrected chi connectivity index (χ4v) is 2.09. The van der Waals surface area contributed by atoms with Gasteiger partial charge < -0.3 is 5.32 Å². The zero-order valence-corrected chi connectivity index (χ0v) is 8.01. The molecule has 0 fully saturated rings. The van der Waals surface area contributed by atoms with Gasteiger partial charge in [0, 0.05) is 4.88 Å². The maximum atomic E-state index is 4.05. The van der Waals surface area contributed by atoms with Crippen LogP contribution in [0.5, 0.6) is 0 Å². The van der Waals surface area contributed by atoms with Crippen molar-refractivity contribution >= 4 is 11.3 Å². The Morgan fingerprint density at radius 3 is 3.08 bits per heavy atom. The number of thiophene rings is 1. The van der Waals surface area contributed by atoms with Crippen LogP contribution < -0.4 is 5.32 Å². The fraction of sp³-hybridized carbons (Fsp3) is 0.250. The summed E-state index contributed by atoms with van der Waals surface area (Å²) in [5, 5.41) is 15.7. The minimum Gasteiger partial charge on any atom is -0.307 e. The molecule has 0 radical (unpaired) electrons. The van der Waals surface area contributed by atoms with E-state index >= 15 is 0 Å². The van der Waals surface area contributed by atoms with Crippen LogP contribution >= 0.6 is 11.3 Å². The second-order valence-corrected chi connectivity index (χ2v) is 3.61. The van der Waals surface area contributed by atoms with Crippen LogP contribution in [0.3, 0.4) is 0 Å². The van der Waals surface area contributed by atoms with Crippen LogP contribution in [0.25, 0.3) is 0 Å². The van der Waals surface area contributed by atoms with Crippen LogP contribution in [0, 0.1) is 0 Å². The number of hydrogen-bond acceptors (Lipinski definition) is 4. The molecule has 2 aromatic heterocycles. The van der Waals surface area contributed by atoms with E-state index < -0.39 is 0 Å². The first-order valence-corrected chi connectivity index (χ1v) is 4.86. The number of aromatic nitrogens is 3. The molecule has 5 heteroatoms. The molecule has 0 amide bonds. The lowest BCUT2D eigenvalue weighted by molar-refractivity contribution is 0.678. The van der Waals surface area contributed by atoms with Crippen molar-refractivity contribution in [2.75, 3.05) is 7.05 Å². The van der Waals surface area contributed by atoms with Gasteiger partial charge in [-0.15, -0.1) is 11.3 Å². The van der Waals surface area contributed by atoms with E-state index in [2.05, 4.69) is 32.2 Å². The van der Waals surface area contributed by atoms with E-state index in [9.17, 15) is 0 Å². The second-order valence-electron chi connectivity index (χ2n) is 2.63. The molecule has 0 saturated heterocycles. The molecule has 1 atom stereocenters. The summed E-state index contributed by atoms with van der Waals surface area (Å²) < 4.78 is 0. The molecular weight excluding hydrogens is 184 g/mol. The predicted molar refractivity (Wildman–Crippen MR) is 51.6 cm³/mol. The van der Waals surface area contributed by atoms with Crippen LogP contribution in [-0.2, 0) is 0 Å². The molecule has 2 aromatic rings. The van der Waals surface area contributed by atoms with Crippen molar-refractivity contribution in [3.8, 4) is 0 Å². The fourth-order valence-electron chi connectivity index (χ4n) is 1.24. The van der Waals surface area contributed by atoms with E-state index in [1.54, 1.807) is 17.5 Å². The highest BCUT2D eigenvalue weighted by molar-refractivity contribution is 7.10.